The second-order valence-electron chi connectivity index (χ2n) is 5.60. The minimum absolute atomic E-state index is 0.113. The normalized spacial score (nSPS) is 11.5. The Hall–Kier alpha value is -2.59. The molecule has 7 heteroatoms. The van der Waals surface area contributed by atoms with Crippen molar-refractivity contribution < 1.29 is 24.2 Å². The average molecular weight is 380 g/mol. The molecule has 2 amide bonds. The number of nitrogens with one attached hydrogen (secondary N) is 1. The van der Waals surface area contributed by atoms with Crippen molar-refractivity contribution in [2.24, 2.45) is 0 Å². The molecule has 2 N–H and O–H groups in total. The zero-order chi connectivity index (χ0) is 21.1. The molecule has 152 valence electrons. The standard InChI is InChI=1S/C16H21NO3.C3H7NO.CH4O/c1-3-4-5-6-8-13-9-7-10-14(11-13)16(19)17-12-15(18)20-2;1-4(2)3-5;1-2/h10-11H,3-5,7,9,12H2,1-2H3,(H,17,19);3H,1-2H3;2H,1H3. The lowest BCUT2D eigenvalue weighted by atomic mass is 9.99. The summed E-state index contributed by atoms with van der Waals surface area (Å²) in [6.45, 7) is 2.02. The highest BCUT2D eigenvalue weighted by atomic mass is 16.5. The fraction of sp³-hybridized carbons (Fsp3) is 0.550. The van der Waals surface area contributed by atoms with Crippen LogP contribution in [-0.2, 0) is 19.1 Å². The molecule has 0 fully saturated rings. The van der Waals surface area contributed by atoms with Crippen LogP contribution < -0.4 is 5.32 Å². The van der Waals surface area contributed by atoms with Crippen molar-refractivity contribution in [3.63, 3.8) is 0 Å². The van der Waals surface area contributed by atoms with Gasteiger partial charge in [-0.15, -0.1) is 0 Å². The van der Waals surface area contributed by atoms with E-state index < -0.39 is 5.97 Å². The van der Waals surface area contributed by atoms with Gasteiger partial charge in [0.05, 0.1) is 7.11 Å². The fourth-order valence-corrected chi connectivity index (χ4v) is 1.73. The quantitative estimate of drug-likeness (QED) is 0.315. The largest absolute Gasteiger partial charge is 0.468 e. The van der Waals surface area contributed by atoms with E-state index in [1.807, 2.05) is 6.08 Å². The first-order chi connectivity index (χ1) is 12.9. The number of amides is 2. The van der Waals surface area contributed by atoms with Gasteiger partial charge in [0.25, 0.3) is 5.91 Å². The predicted octanol–water partition coefficient (Wildman–Crippen LogP) is 1.43. The van der Waals surface area contributed by atoms with Crippen LogP contribution in [-0.4, -0.2) is 63.2 Å². The number of aliphatic hydroxyl groups excluding tert-OH is 1. The summed E-state index contributed by atoms with van der Waals surface area (Å²) < 4.78 is 4.47. The number of nitrogens with zero attached hydrogens (tertiary/aromatic N) is 1. The Morgan fingerprint density at radius 1 is 1.37 bits per heavy atom. The lowest BCUT2D eigenvalue weighted by molar-refractivity contribution is -0.140. The summed E-state index contributed by atoms with van der Waals surface area (Å²) in [5, 5.41) is 9.53. The van der Waals surface area contributed by atoms with E-state index in [1.54, 1.807) is 20.2 Å². The Morgan fingerprint density at radius 2 is 2.00 bits per heavy atom. The summed E-state index contributed by atoms with van der Waals surface area (Å²) >= 11 is 0. The molecule has 0 aliphatic heterocycles. The van der Waals surface area contributed by atoms with E-state index in [4.69, 9.17) is 5.11 Å². The number of methoxy groups -OCH3 is 1. The number of carbonyl (C=O) groups is 3. The molecule has 0 aromatic rings. The first-order valence-corrected chi connectivity index (χ1v) is 8.75. The second-order valence-corrected chi connectivity index (χ2v) is 5.60. The number of rotatable bonds is 6. The summed E-state index contributed by atoms with van der Waals surface area (Å²) in [6.07, 6.45) is 9.21. The van der Waals surface area contributed by atoms with Crippen LogP contribution in [0.15, 0.2) is 23.3 Å². The number of esters is 1. The molecule has 1 aliphatic rings. The molecule has 1 aliphatic carbocycles. The van der Waals surface area contributed by atoms with Gasteiger partial charge in [-0.05, 0) is 25.3 Å². The molecule has 1 rings (SSSR count). The van der Waals surface area contributed by atoms with Gasteiger partial charge in [-0.25, -0.2) is 0 Å². The van der Waals surface area contributed by atoms with E-state index in [1.165, 1.54) is 12.0 Å². The first-order valence-electron chi connectivity index (χ1n) is 8.75. The molecule has 0 saturated carbocycles. The van der Waals surface area contributed by atoms with Crippen molar-refractivity contribution in [1.29, 1.82) is 0 Å². The van der Waals surface area contributed by atoms with Crippen LogP contribution in [0.4, 0.5) is 0 Å². The van der Waals surface area contributed by atoms with Gasteiger partial charge >= 0.3 is 5.97 Å². The number of allylic oxidation sites excluding steroid dienone is 2. The molecule has 0 radical (unpaired) electrons. The molecule has 0 heterocycles. The topological polar surface area (TPSA) is 95.9 Å². The van der Waals surface area contributed by atoms with Gasteiger partial charge in [-0.2, -0.15) is 0 Å². The van der Waals surface area contributed by atoms with Gasteiger partial charge in [0.15, 0.2) is 0 Å². The van der Waals surface area contributed by atoms with Crippen LogP contribution >= 0.6 is 0 Å². The van der Waals surface area contributed by atoms with Gasteiger partial charge < -0.3 is 20.1 Å². The van der Waals surface area contributed by atoms with Crippen molar-refractivity contribution in [3.8, 4) is 11.8 Å². The van der Waals surface area contributed by atoms with Crippen molar-refractivity contribution >= 4 is 18.3 Å². The highest BCUT2D eigenvalue weighted by molar-refractivity contribution is 5.98. The smallest absolute Gasteiger partial charge is 0.325 e. The maximum absolute atomic E-state index is 11.9. The molecule has 0 saturated heterocycles. The van der Waals surface area contributed by atoms with E-state index >= 15 is 0 Å². The SMILES string of the molecule is CCCCC#CC1=CC(C(=O)NCC(=O)OC)=CCC1.CN(C)C=O.CO. The summed E-state index contributed by atoms with van der Waals surface area (Å²) in [6, 6.07) is 0. The summed E-state index contributed by atoms with van der Waals surface area (Å²) in [5.74, 6) is 5.52. The number of hydrogen-bond donors (Lipinski definition) is 2. The number of carbonyl (C=O) groups excluding carboxylic acids is 3. The minimum atomic E-state index is -0.460. The molecule has 0 aromatic carbocycles. The number of ether oxygens (including phenoxy) is 1. The van der Waals surface area contributed by atoms with Gasteiger partial charge in [-0.1, -0.05) is 31.3 Å². The zero-order valence-electron chi connectivity index (χ0n) is 17.0. The Bertz CT molecular complexity index is 569. The molecule has 0 aromatic heterocycles. The Balaban J connectivity index is 0. The lowest BCUT2D eigenvalue weighted by Crippen LogP contribution is -2.31. The Morgan fingerprint density at radius 3 is 2.52 bits per heavy atom. The van der Waals surface area contributed by atoms with Crippen molar-refractivity contribution in [2.45, 2.75) is 39.0 Å². The van der Waals surface area contributed by atoms with E-state index in [0.29, 0.717) is 5.57 Å². The molecule has 0 atom stereocenters. The molecular weight excluding hydrogens is 348 g/mol. The third kappa shape index (κ3) is 15.4. The Labute approximate surface area is 162 Å². The van der Waals surface area contributed by atoms with Gasteiger partial charge in [0.2, 0.25) is 6.41 Å². The molecule has 0 spiro atoms. The Kier molecular flexibility index (Phi) is 18.0. The maximum atomic E-state index is 11.9. The molecule has 7 nitrogen and oxygen atoms in total. The van der Waals surface area contributed by atoms with Crippen LogP contribution in [0.2, 0.25) is 0 Å². The third-order valence-electron chi connectivity index (χ3n) is 3.11. The zero-order valence-corrected chi connectivity index (χ0v) is 17.0. The van der Waals surface area contributed by atoms with Gasteiger partial charge in [0.1, 0.15) is 6.54 Å². The summed E-state index contributed by atoms with van der Waals surface area (Å²) in [5.41, 5.74) is 1.55. The lowest BCUT2D eigenvalue weighted by Gasteiger charge is -2.10. The van der Waals surface area contributed by atoms with Crippen LogP contribution in [0.1, 0.15) is 39.0 Å². The number of hydrogen-bond acceptors (Lipinski definition) is 5. The first kappa shape index (κ1) is 26.6. The fourth-order valence-electron chi connectivity index (χ4n) is 1.73. The van der Waals surface area contributed by atoms with E-state index in [2.05, 4.69) is 28.8 Å². The number of unbranched alkanes of at least 4 members (excludes halogenated alkanes) is 2. The van der Waals surface area contributed by atoms with Gasteiger partial charge in [-0.3, -0.25) is 14.4 Å². The average Bonchev–Trinajstić information content (AvgIpc) is 2.71. The summed E-state index contributed by atoms with van der Waals surface area (Å²) in [7, 11) is 5.66. The van der Waals surface area contributed by atoms with Crippen LogP contribution in [0.3, 0.4) is 0 Å². The van der Waals surface area contributed by atoms with Crippen LogP contribution in [0, 0.1) is 11.8 Å². The van der Waals surface area contributed by atoms with Crippen molar-refractivity contribution in [2.75, 3.05) is 34.9 Å². The van der Waals surface area contributed by atoms with Crippen molar-refractivity contribution in [3.05, 3.63) is 23.3 Å². The summed E-state index contributed by atoms with van der Waals surface area (Å²) in [4.78, 5) is 33.7. The molecule has 0 unspecified atom stereocenters. The number of aliphatic hydroxyl groups is 1. The molecule has 27 heavy (non-hydrogen) atoms. The highest BCUT2D eigenvalue weighted by Gasteiger charge is 2.12. The van der Waals surface area contributed by atoms with E-state index in [-0.39, 0.29) is 12.5 Å². The van der Waals surface area contributed by atoms with Gasteiger partial charge in [0, 0.05) is 38.8 Å². The monoisotopic (exact) mass is 380 g/mol. The van der Waals surface area contributed by atoms with Crippen LogP contribution in [0.25, 0.3) is 0 Å². The van der Waals surface area contributed by atoms with Crippen molar-refractivity contribution in [1.82, 2.24) is 10.2 Å². The minimum Gasteiger partial charge on any atom is -0.468 e. The third-order valence-corrected chi connectivity index (χ3v) is 3.11. The highest BCUT2D eigenvalue weighted by Crippen LogP contribution is 2.16. The maximum Gasteiger partial charge on any atom is 0.325 e. The molecule has 0 bridgehead atoms. The molecular formula is C20H32N2O5. The predicted molar refractivity (Wildman–Crippen MR) is 106 cm³/mol. The van der Waals surface area contributed by atoms with Crippen LogP contribution in [0.5, 0.6) is 0 Å². The van der Waals surface area contributed by atoms with E-state index in [9.17, 15) is 14.4 Å². The van der Waals surface area contributed by atoms with E-state index in [0.717, 1.165) is 51.2 Å². The second kappa shape index (κ2) is 18.2.